The van der Waals surface area contributed by atoms with E-state index in [1.807, 2.05) is 38.1 Å². The lowest BCUT2D eigenvalue weighted by Gasteiger charge is -1.80. The Morgan fingerprint density at radius 2 is 1.82 bits per heavy atom. The van der Waals surface area contributed by atoms with E-state index in [0.717, 1.165) is 10.2 Å². The molecule has 1 aromatic carbocycles. The molecule has 0 aliphatic carbocycles. The Hall–Kier alpha value is -2.12. The number of nitrogens with two attached hydrogens (primary N) is 1. The van der Waals surface area contributed by atoms with Crippen molar-refractivity contribution >= 4 is 44.6 Å². The van der Waals surface area contributed by atoms with E-state index in [1.165, 1.54) is 29.6 Å². The minimum atomic E-state index is -0.462. The molecule has 2 heterocycles. The number of amides is 1. The van der Waals surface area contributed by atoms with Crippen molar-refractivity contribution in [1.29, 1.82) is 0 Å². The van der Waals surface area contributed by atoms with Crippen LogP contribution in [-0.2, 0) is 0 Å². The van der Waals surface area contributed by atoms with Gasteiger partial charge in [-0.05, 0) is 12.1 Å². The summed E-state index contributed by atoms with van der Waals surface area (Å²) in [5.41, 5.74) is 5.92. The van der Waals surface area contributed by atoms with Crippen LogP contribution >= 0.6 is 22.7 Å². The third-order valence-corrected chi connectivity index (χ3v) is 4.16. The number of para-hydroxylation sites is 1. The van der Waals surface area contributed by atoms with Gasteiger partial charge >= 0.3 is 0 Å². The highest BCUT2D eigenvalue weighted by molar-refractivity contribution is 7.20. The Balaban J connectivity index is 0.000000211. The largest absolute Gasteiger partial charge is 0.364 e. The minimum Gasteiger partial charge on any atom is -0.364 e. The number of primary amides is 1. The molecule has 3 aromatic rings. The Bertz CT molecular complexity index is 703. The normalized spacial score (nSPS) is 9.23. The number of benzene rings is 1. The molecule has 2 N–H and O–H groups in total. The zero-order chi connectivity index (χ0) is 16.5. The first-order valence-corrected chi connectivity index (χ1v) is 8.33. The molecule has 22 heavy (non-hydrogen) atoms. The lowest BCUT2D eigenvalue weighted by molar-refractivity contribution is 0.0996. The van der Waals surface area contributed by atoms with Crippen LogP contribution in [0.15, 0.2) is 35.8 Å². The number of carbonyl (C=O) groups is 2. The number of hydrogen-bond acceptors (Lipinski definition) is 6. The van der Waals surface area contributed by atoms with Crippen LogP contribution in [0.2, 0.25) is 0 Å². The topological polar surface area (TPSA) is 85.9 Å². The number of thiazole rings is 2. The predicted octanol–water partition coefficient (Wildman–Crippen LogP) is 3.77. The van der Waals surface area contributed by atoms with Gasteiger partial charge in [-0.3, -0.25) is 9.59 Å². The van der Waals surface area contributed by atoms with Gasteiger partial charge < -0.3 is 5.73 Å². The highest BCUT2D eigenvalue weighted by Gasteiger charge is 2.06. The lowest BCUT2D eigenvalue weighted by Crippen LogP contribution is -2.09. The van der Waals surface area contributed by atoms with Gasteiger partial charge in [0, 0.05) is 18.5 Å². The second kappa shape index (κ2) is 9.01. The van der Waals surface area contributed by atoms with Crippen molar-refractivity contribution in [3.63, 3.8) is 0 Å². The van der Waals surface area contributed by atoms with E-state index in [2.05, 4.69) is 9.97 Å². The molecule has 2 aromatic heterocycles. The number of nitrogens with zero attached hydrogens (tertiary/aromatic N) is 2. The third-order valence-electron chi connectivity index (χ3n) is 2.24. The quantitative estimate of drug-likeness (QED) is 0.722. The van der Waals surface area contributed by atoms with E-state index >= 15 is 0 Å². The molecule has 0 aliphatic heterocycles. The van der Waals surface area contributed by atoms with Crippen LogP contribution in [0.3, 0.4) is 0 Å². The maximum absolute atomic E-state index is 10.7. The SMILES string of the molecule is CC.CC(=O)c1nccs1.NC(=O)c1nc2ccccc2s1. The molecule has 116 valence electrons. The van der Waals surface area contributed by atoms with Crippen LogP contribution in [0.25, 0.3) is 10.2 Å². The Labute approximate surface area is 136 Å². The molecule has 3 rings (SSSR count). The first-order valence-electron chi connectivity index (χ1n) is 6.63. The Kier molecular flexibility index (Phi) is 7.34. The fraction of sp³-hybridized carbons (Fsp3) is 0.200. The number of carbonyl (C=O) groups excluding carboxylic acids is 2. The maximum atomic E-state index is 10.7. The first-order chi connectivity index (χ1) is 10.6. The molecule has 0 saturated carbocycles. The molecule has 0 radical (unpaired) electrons. The summed E-state index contributed by atoms with van der Waals surface area (Å²) in [4.78, 5) is 29.0. The summed E-state index contributed by atoms with van der Waals surface area (Å²) in [7, 11) is 0. The van der Waals surface area contributed by atoms with E-state index in [4.69, 9.17) is 5.73 Å². The number of Topliss-reactive ketones (excluding diaryl/α,β-unsaturated/α-hetero) is 1. The molecule has 5 nitrogen and oxygen atoms in total. The zero-order valence-corrected chi connectivity index (χ0v) is 14.2. The molecule has 0 fully saturated rings. The summed E-state index contributed by atoms with van der Waals surface area (Å²) in [6, 6.07) is 7.57. The lowest BCUT2D eigenvalue weighted by atomic mass is 10.3. The van der Waals surface area contributed by atoms with E-state index in [9.17, 15) is 9.59 Å². The smallest absolute Gasteiger partial charge is 0.277 e. The van der Waals surface area contributed by atoms with E-state index < -0.39 is 5.91 Å². The Morgan fingerprint density at radius 1 is 1.14 bits per heavy atom. The Morgan fingerprint density at radius 3 is 2.27 bits per heavy atom. The van der Waals surface area contributed by atoms with Crippen molar-refractivity contribution in [1.82, 2.24) is 9.97 Å². The molecule has 0 bridgehead atoms. The molecule has 0 unspecified atom stereocenters. The number of aromatic nitrogens is 2. The molecule has 0 aliphatic rings. The van der Waals surface area contributed by atoms with Gasteiger partial charge in [-0.2, -0.15) is 0 Å². The molecular weight excluding hydrogens is 318 g/mol. The van der Waals surface area contributed by atoms with Gasteiger partial charge in [0.25, 0.3) is 5.91 Å². The van der Waals surface area contributed by atoms with Gasteiger partial charge in [-0.25, -0.2) is 9.97 Å². The van der Waals surface area contributed by atoms with Gasteiger partial charge in [-0.1, -0.05) is 26.0 Å². The summed E-state index contributed by atoms with van der Waals surface area (Å²) in [6.07, 6.45) is 1.63. The maximum Gasteiger partial charge on any atom is 0.277 e. The van der Waals surface area contributed by atoms with E-state index in [0.29, 0.717) is 10.0 Å². The van der Waals surface area contributed by atoms with Crippen LogP contribution in [-0.4, -0.2) is 21.7 Å². The third kappa shape index (κ3) is 5.01. The zero-order valence-electron chi connectivity index (χ0n) is 12.6. The van der Waals surface area contributed by atoms with Crippen molar-refractivity contribution in [2.75, 3.05) is 0 Å². The van der Waals surface area contributed by atoms with E-state index in [1.54, 1.807) is 11.6 Å². The van der Waals surface area contributed by atoms with Crippen molar-refractivity contribution in [2.24, 2.45) is 5.73 Å². The second-order valence-corrected chi connectivity index (χ2v) is 5.67. The highest BCUT2D eigenvalue weighted by atomic mass is 32.1. The second-order valence-electron chi connectivity index (χ2n) is 3.74. The van der Waals surface area contributed by atoms with Crippen molar-refractivity contribution in [3.8, 4) is 0 Å². The summed E-state index contributed by atoms with van der Waals surface area (Å²) < 4.78 is 0.992. The van der Waals surface area contributed by atoms with Crippen LogP contribution in [0.1, 0.15) is 40.4 Å². The molecular formula is C15H17N3O2S2. The number of rotatable bonds is 2. The molecule has 1 amide bonds. The van der Waals surface area contributed by atoms with Crippen molar-refractivity contribution in [2.45, 2.75) is 20.8 Å². The van der Waals surface area contributed by atoms with Crippen molar-refractivity contribution in [3.05, 3.63) is 45.9 Å². The minimum absolute atomic E-state index is 0.0417. The van der Waals surface area contributed by atoms with Gasteiger partial charge in [0.15, 0.2) is 15.8 Å². The molecule has 0 spiro atoms. The number of hydrogen-bond donors (Lipinski definition) is 1. The fourth-order valence-corrected chi connectivity index (χ4v) is 2.73. The van der Waals surface area contributed by atoms with Gasteiger partial charge in [0.05, 0.1) is 10.2 Å². The average Bonchev–Trinajstić information content (AvgIpc) is 3.19. The van der Waals surface area contributed by atoms with Crippen LogP contribution in [0, 0.1) is 0 Å². The standard InChI is InChI=1S/C8H6N2OS.C5H5NOS.C2H6/c9-7(11)8-10-5-3-1-2-4-6(5)12-8;1-4(7)5-6-2-3-8-5;1-2/h1-4H,(H2,9,11);2-3H,1H3;1-2H3. The summed E-state index contributed by atoms with van der Waals surface area (Å²) in [5, 5.41) is 2.75. The fourth-order valence-electron chi connectivity index (χ4n) is 1.37. The molecule has 0 saturated heterocycles. The van der Waals surface area contributed by atoms with Gasteiger partial charge in [-0.15, -0.1) is 22.7 Å². The number of fused-ring (bicyclic) bond motifs is 1. The van der Waals surface area contributed by atoms with E-state index in [-0.39, 0.29) is 5.78 Å². The molecule has 7 heteroatoms. The number of ketones is 1. The first kappa shape index (κ1) is 17.9. The summed E-state index contributed by atoms with van der Waals surface area (Å²) in [5.74, 6) is -0.420. The van der Waals surface area contributed by atoms with Crippen LogP contribution in [0.4, 0.5) is 0 Å². The van der Waals surface area contributed by atoms with Gasteiger partial charge in [0.2, 0.25) is 0 Å². The monoisotopic (exact) mass is 335 g/mol. The average molecular weight is 335 g/mol. The van der Waals surface area contributed by atoms with Crippen molar-refractivity contribution < 1.29 is 9.59 Å². The molecule has 0 atom stereocenters. The summed E-state index contributed by atoms with van der Waals surface area (Å²) >= 11 is 2.69. The summed E-state index contributed by atoms with van der Waals surface area (Å²) in [6.45, 7) is 5.51. The van der Waals surface area contributed by atoms with Crippen LogP contribution < -0.4 is 5.73 Å². The predicted molar refractivity (Wildman–Crippen MR) is 91.6 cm³/mol. The van der Waals surface area contributed by atoms with Gasteiger partial charge in [0.1, 0.15) is 0 Å². The van der Waals surface area contributed by atoms with Crippen LogP contribution in [0.5, 0.6) is 0 Å². The highest BCUT2D eigenvalue weighted by Crippen LogP contribution is 2.20.